The van der Waals surface area contributed by atoms with Gasteiger partial charge in [0.05, 0.1) is 12.6 Å². The zero-order valence-electron chi connectivity index (χ0n) is 13.0. The molecule has 7 nitrogen and oxygen atoms in total. The zero-order valence-corrected chi connectivity index (χ0v) is 13.0. The third-order valence-corrected chi connectivity index (χ3v) is 3.61. The van der Waals surface area contributed by atoms with Gasteiger partial charge < -0.3 is 10.2 Å². The van der Waals surface area contributed by atoms with Gasteiger partial charge in [0.1, 0.15) is 5.56 Å². The van der Waals surface area contributed by atoms with E-state index in [1.54, 1.807) is 0 Å². The fourth-order valence-corrected chi connectivity index (χ4v) is 2.20. The number of aromatic hydroxyl groups is 1. The Morgan fingerprint density at radius 2 is 1.83 bits per heavy atom. The average Bonchev–Trinajstić information content (AvgIpc) is 2.58. The van der Waals surface area contributed by atoms with Gasteiger partial charge >= 0.3 is 5.69 Å². The fourth-order valence-electron chi connectivity index (χ4n) is 2.20. The molecule has 0 aliphatic rings. The molecule has 0 aliphatic carbocycles. The number of aliphatic imine (C=N–C) groups is 1. The maximum atomic E-state index is 12.1. The summed E-state index contributed by atoms with van der Waals surface area (Å²) in [6, 6.07) is 9.07. The summed E-state index contributed by atoms with van der Waals surface area (Å²) in [5.74, 6) is -0.446. The van der Waals surface area contributed by atoms with Gasteiger partial charge in [-0.25, -0.2) is 4.79 Å². The lowest BCUT2D eigenvalue weighted by Gasteiger charge is -2.10. The molecule has 0 fully saturated rings. The van der Waals surface area contributed by atoms with Gasteiger partial charge in [-0.05, 0) is 12.0 Å². The van der Waals surface area contributed by atoms with E-state index in [1.807, 2.05) is 30.3 Å². The number of aliphatic hydroxyl groups excluding tert-OH is 1. The first-order valence-electron chi connectivity index (χ1n) is 7.12. The smallest absolute Gasteiger partial charge is 0.333 e. The Morgan fingerprint density at radius 3 is 2.43 bits per heavy atom. The first-order chi connectivity index (χ1) is 11.0. The van der Waals surface area contributed by atoms with Gasteiger partial charge in [0.25, 0.3) is 5.56 Å². The van der Waals surface area contributed by atoms with Crippen LogP contribution < -0.4 is 11.2 Å². The maximum absolute atomic E-state index is 12.1. The molecule has 7 heteroatoms. The highest BCUT2D eigenvalue weighted by atomic mass is 16.3. The van der Waals surface area contributed by atoms with Crippen LogP contribution in [-0.2, 0) is 20.5 Å². The van der Waals surface area contributed by atoms with Gasteiger partial charge in [0, 0.05) is 20.3 Å². The van der Waals surface area contributed by atoms with Crippen molar-refractivity contribution in [3.8, 4) is 5.88 Å². The molecular weight excluding hydrogens is 298 g/mol. The Balaban J connectivity index is 2.32. The molecular formula is C16H19N3O4. The summed E-state index contributed by atoms with van der Waals surface area (Å²) < 4.78 is 1.86. The van der Waals surface area contributed by atoms with Crippen LogP contribution in [0.3, 0.4) is 0 Å². The van der Waals surface area contributed by atoms with Crippen molar-refractivity contribution in [1.82, 2.24) is 9.13 Å². The lowest BCUT2D eigenvalue weighted by Crippen LogP contribution is -2.38. The van der Waals surface area contributed by atoms with Crippen LogP contribution in [0.5, 0.6) is 5.88 Å². The van der Waals surface area contributed by atoms with Gasteiger partial charge in [-0.1, -0.05) is 30.3 Å². The quantitative estimate of drug-likeness (QED) is 0.747. The van der Waals surface area contributed by atoms with Crippen molar-refractivity contribution in [3.05, 3.63) is 62.3 Å². The minimum Gasteiger partial charge on any atom is -0.494 e. The summed E-state index contributed by atoms with van der Waals surface area (Å²) in [4.78, 5) is 27.9. The topological polar surface area (TPSA) is 96.8 Å². The third kappa shape index (κ3) is 3.57. The van der Waals surface area contributed by atoms with E-state index in [0.29, 0.717) is 6.42 Å². The van der Waals surface area contributed by atoms with Gasteiger partial charge in [-0.2, -0.15) is 0 Å². The monoisotopic (exact) mass is 317 g/mol. The first-order valence-corrected chi connectivity index (χ1v) is 7.12. The van der Waals surface area contributed by atoms with Crippen LogP contribution in [-0.4, -0.2) is 38.2 Å². The van der Waals surface area contributed by atoms with Gasteiger partial charge in [0.15, 0.2) is 0 Å². The summed E-state index contributed by atoms with van der Waals surface area (Å²) >= 11 is 0. The summed E-state index contributed by atoms with van der Waals surface area (Å²) in [5.41, 5.74) is -0.333. The molecule has 1 atom stereocenters. The summed E-state index contributed by atoms with van der Waals surface area (Å²) in [7, 11) is 2.69. The molecule has 0 saturated carbocycles. The number of aliphatic hydroxyl groups is 1. The highest BCUT2D eigenvalue weighted by Crippen LogP contribution is 2.09. The summed E-state index contributed by atoms with van der Waals surface area (Å²) in [6.07, 6.45) is 1.71. The summed E-state index contributed by atoms with van der Waals surface area (Å²) in [6.45, 7) is -0.196. The van der Waals surface area contributed by atoms with Crippen molar-refractivity contribution in [1.29, 1.82) is 0 Å². The number of nitrogens with zero attached hydrogens (tertiary/aromatic N) is 3. The SMILES string of the molecule is Cn1c(O)c(C=NC(CO)Cc2ccccc2)c(=O)n(C)c1=O. The third-order valence-electron chi connectivity index (χ3n) is 3.61. The van der Waals surface area contributed by atoms with E-state index in [9.17, 15) is 19.8 Å². The van der Waals surface area contributed by atoms with Gasteiger partial charge in [-0.3, -0.25) is 18.9 Å². The van der Waals surface area contributed by atoms with E-state index in [0.717, 1.165) is 14.7 Å². The lowest BCUT2D eigenvalue weighted by molar-refractivity contribution is 0.266. The Morgan fingerprint density at radius 1 is 1.17 bits per heavy atom. The zero-order chi connectivity index (χ0) is 17.0. The minimum atomic E-state index is -0.634. The number of aromatic nitrogens is 2. The molecule has 1 aromatic carbocycles. The van der Waals surface area contributed by atoms with Crippen molar-refractivity contribution in [2.45, 2.75) is 12.5 Å². The molecule has 0 saturated heterocycles. The van der Waals surface area contributed by atoms with Gasteiger partial charge in [-0.15, -0.1) is 0 Å². The van der Waals surface area contributed by atoms with E-state index < -0.39 is 23.2 Å². The Hall–Kier alpha value is -2.67. The highest BCUT2D eigenvalue weighted by molar-refractivity contribution is 5.82. The van der Waals surface area contributed by atoms with E-state index in [2.05, 4.69) is 4.99 Å². The van der Waals surface area contributed by atoms with E-state index in [4.69, 9.17) is 0 Å². The average molecular weight is 317 g/mol. The van der Waals surface area contributed by atoms with Crippen molar-refractivity contribution >= 4 is 6.21 Å². The predicted octanol–water partition coefficient (Wildman–Crippen LogP) is -0.188. The molecule has 122 valence electrons. The Labute approximate surface area is 132 Å². The van der Waals surface area contributed by atoms with E-state index in [-0.39, 0.29) is 12.2 Å². The molecule has 2 aromatic rings. The number of rotatable bonds is 5. The van der Waals surface area contributed by atoms with Crippen LogP contribution in [0.4, 0.5) is 0 Å². The van der Waals surface area contributed by atoms with E-state index in [1.165, 1.54) is 20.3 Å². The molecule has 2 rings (SSSR count). The molecule has 0 radical (unpaired) electrons. The lowest BCUT2D eigenvalue weighted by atomic mass is 10.1. The Kier molecular flexibility index (Phi) is 5.13. The Bertz CT molecular complexity index is 822. The molecule has 0 spiro atoms. The molecule has 0 aliphatic heterocycles. The van der Waals surface area contributed by atoms with Crippen LogP contribution in [0.15, 0.2) is 44.9 Å². The normalized spacial score (nSPS) is 12.7. The highest BCUT2D eigenvalue weighted by Gasteiger charge is 2.14. The van der Waals surface area contributed by atoms with Crippen molar-refractivity contribution in [2.75, 3.05) is 6.61 Å². The molecule has 0 bridgehead atoms. The van der Waals surface area contributed by atoms with Crippen LogP contribution in [0.25, 0.3) is 0 Å². The number of hydrogen-bond donors (Lipinski definition) is 2. The second-order valence-electron chi connectivity index (χ2n) is 5.25. The second-order valence-corrected chi connectivity index (χ2v) is 5.25. The molecule has 1 unspecified atom stereocenters. The maximum Gasteiger partial charge on any atom is 0.333 e. The minimum absolute atomic E-state index is 0.0823. The molecule has 1 aromatic heterocycles. The van der Waals surface area contributed by atoms with Gasteiger partial charge in [0.2, 0.25) is 5.88 Å². The van der Waals surface area contributed by atoms with Crippen molar-refractivity contribution in [3.63, 3.8) is 0 Å². The molecule has 0 amide bonds. The number of hydrogen-bond acceptors (Lipinski definition) is 5. The van der Waals surface area contributed by atoms with Crippen molar-refractivity contribution in [2.24, 2.45) is 19.1 Å². The number of benzene rings is 1. The molecule has 1 heterocycles. The van der Waals surface area contributed by atoms with Crippen LogP contribution in [0.2, 0.25) is 0 Å². The molecule has 2 N–H and O–H groups in total. The largest absolute Gasteiger partial charge is 0.494 e. The summed E-state index contributed by atoms with van der Waals surface area (Å²) in [5, 5.41) is 19.4. The van der Waals surface area contributed by atoms with Crippen molar-refractivity contribution < 1.29 is 10.2 Å². The van der Waals surface area contributed by atoms with Crippen LogP contribution in [0, 0.1) is 0 Å². The second kappa shape index (κ2) is 7.06. The molecule has 23 heavy (non-hydrogen) atoms. The van der Waals surface area contributed by atoms with E-state index >= 15 is 0 Å². The fraction of sp³-hybridized carbons (Fsp3) is 0.312. The standard InChI is InChI=1S/C16H19N3O4/c1-18-14(21)13(15(22)19(2)16(18)23)9-17-12(10-20)8-11-6-4-3-5-7-11/h3-7,9,12,20-21H,8,10H2,1-2H3. The van der Waals surface area contributed by atoms with Crippen LogP contribution >= 0.6 is 0 Å². The van der Waals surface area contributed by atoms with Crippen LogP contribution in [0.1, 0.15) is 11.1 Å². The predicted molar refractivity (Wildman–Crippen MR) is 87.2 cm³/mol. The first kappa shape index (κ1) is 16.7.